The van der Waals surface area contributed by atoms with Gasteiger partial charge in [0.2, 0.25) is 0 Å². The van der Waals surface area contributed by atoms with E-state index in [1.54, 1.807) is 6.20 Å². The van der Waals surface area contributed by atoms with E-state index in [-0.39, 0.29) is 12.0 Å². The molecule has 0 bridgehead atoms. The number of aromatic nitrogens is 2. The van der Waals surface area contributed by atoms with Gasteiger partial charge in [-0.3, -0.25) is 5.43 Å². The zero-order chi connectivity index (χ0) is 24.3. The largest absolute Gasteiger partial charge is 0.462 e. The van der Waals surface area contributed by atoms with Crippen LogP contribution in [0.4, 0.5) is 4.79 Å². The molecule has 2 N–H and O–H groups in total. The van der Waals surface area contributed by atoms with Crippen molar-refractivity contribution in [2.45, 2.75) is 89.7 Å². The number of hydrogen-bond acceptors (Lipinski definition) is 6. The van der Waals surface area contributed by atoms with E-state index in [2.05, 4.69) is 34.1 Å². The number of ether oxygens (including phenoxy) is 2. The van der Waals surface area contributed by atoms with E-state index in [4.69, 9.17) is 9.47 Å². The molecule has 1 heterocycles. The summed E-state index contributed by atoms with van der Waals surface area (Å²) < 4.78 is 12.5. The highest BCUT2D eigenvalue weighted by atomic mass is 16.6. The minimum Gasteiger partial charge on any atom is -0.462 e. The standard InChI is InChI=1S/C26H36N4O4/c1-5-33-24(31)22-16-27-30(23(22)17-12-13-17)21-11-7-9-19(15-21)18-8-6-10-20(14-18)28-29-25(32)34-26(2,3)4/h7,9,11,15-18,20,28H,5-6,8,10,12-14H2,1-4H3,(H,29,32). The molecule has 0 saturated heterocycles. The quantitative estimate of drug-likeness (QED) is 0.440. The molecule has 1 aromatic heterocycles. The van der Waals surface area contributed by atoms with Crippen molar-refractivity contribution in [1.29, 1.82) is 0 Å². The average molecular weight is 469 g/mol. The summed E-state index contributed by atoms with van der Waals surface area (Å²) in [6.07, 6.45) is 7.40. The van der Waals surface area contributed by atoms with Crippen molar-refractivity contribution in [3.05, 3.63) is 47.3 Å². The molecule has 0 spiro atoms. The number of nitrogens with zero attached hydrogens (tertiary/aromatic N) is 2. The van der Waals surface area contributed by atoms with Gasteiger partial charge in [0.25, 0.3) is 0 Å². The van der Waals surface area contributed by atoms with Gasteiger partial charge in [0.15, 0.2) is 0 Å². The summed E-state index contributed by atoms with van der Waals surface area (Å²) in [5.41, 5.74) is 9.08. The van der Waals surface area contributed by atoms with Crippen molar-refractivity contribution < 1.29 is 19.1 Å². The van der Waals surface area contributed by atoms with Crippen LogP contribution in [0.5, 0.6) is 0 Å². The van der Waals surface area contributed by atoms with Gasteiger partial charge in [-0.1, -0.05) is 18.6 Å². The van der Waals surface area contributed by atoms with Crippen molar-refractivity contribution in [2.24, 2.45) is 0 Å². The third kappa shape index (κ3) is 5.97. The number of rotatable bonds is 7. The maximum Gasteiger partial charge on any atom is 0.422 e. The minimum absolute atomic E-state index is 0.178. The molecule has 2 saturated carbocycles. The first-order valence-corrected chi connectivity index (χ1v) is 12.3. The predicted molar refractivity (Wildman–Crippen MR) is 129 cm³/mol. The fourth-order valence-electron chi connectivity index (χ4n) is 4.68. The number of benzene rings is 1. The van der Waals surface area contributed by atoms with E-state index in [9.17, 15) is 9.59 Å². The van der Waals surface area contributed by atoms with E-state index in [0.29, 0.717) is 24.0 Å². The molecule has 2 atom stereocenters. The number of carbonyl (C=O) groups excluding carboxylic acids is 2. The topological polar surface area (TPSA) is 94.5 Å². The molecule has 4 rings (SSSR count). The lowest BCUT2D eigenvalue weighted by molar-refractivity contribution is 0.0479. The molecule has 2 fully saturated rings. The van der Waals surface area contributed by atoms with Crippen LogP contribution in [0, 0.1) is 0 Å². The molecule has 2 aliphatic carbocycles. The number of carbonyl (C=O) groups is 2. The van der Waals surface area contributed by atoms with E-state index in [0.717, 1.165) is 49.9 Å². The Labute approximate surface area is 201 Å². The second-order valence-electron chi connectivity index (χ2n) is 10.3. The molecule has 34 heavy (non-hydrogen) atoms. The van der Waals surface area contributed by atoms with Gasteiger partial charge in [-0.2, -0.15) is 5.10 Å². The smallest absolute Gasteiger partial charge is 0.422 e. The Bertz CT molecular complexity index is 1020. The second kappa shape index (κ2) is 10.2. The van der Waals surface area contributed by atoms with Crippen molar-refractivity contribution in [3.8, 4) is 5.69 Å². The first kappa shape index (κ1) is 24.3. The predicted octanol–water partition coefficient (Wildman–Crippen LogP) is 4.98. The number of esters is 1. The lowest BCUT2D eigenvalue weighted by Gasteiger charge is -2.30. The Morgan fingerprint density at radius 3 is 2.65 bits per heavy atom. The summed E-state index contributed by atoms with van der Waals surface area (Å²) in [7, 11) is 0. The van der Waals surface area contributed by atoms with Crippen LogP contribution in [0.3, 0.4) is 0 Å². The highest BCUT2D eigenvalue weighted by Gasteiger charge is 2.33. The van der Waals surface area contributed by atoms with Gasteiger partial charge in [0.1, 0.15) is 11.2 Å². The van der Waals surface area contributed by atoms with Crippen molar-refractivity contribution in [2.75, 3.05) is 6.61 Å². The molecular weight excluding hydrogens is 432 g/mol. The van der Waals surface area contributed by atoms with Gasteiger partial charge in [-0.25, -0.2) is 19.7 Å². The van der Waals surface area contributed by atoms with Gasteiger partial charge in [0.05, 0.1) is 24.2 Å². The van der Waals surface area contributed by atoms with Gasteiger partial charge in [0, 0.05) is 12.0 Å². The van der Waals surface area contributed by atoms with Crippen molar-refractivity contribution >= 4 is 12.1 Å². The highest BCUT2D eigenvalue weighted by molar-refractivity contribution is 5.91. The minimum atomic E-state index is -0.528. The maximum absolute atomic E-state index is 12.5. The molecule has 184 valence electrons. The van der Waals surface area contributed by atoms with Crippen LogP contribution in [0.2, 0.25) is 0 Å². The highest BCUT2D eigenvalue weighted by Crippen LogP contribution is 2.43. The van der Waals surface area contributed by atoms with Crippen LogP contribution in [0.25, 0.3) is 5.69 Å². The maximum atomic E-state index is 12.5. The van der Waals surface area contributed by atoms with Gasteiger partial charge in [-0.15, -0.1) is 0 Å². The Balaban J connectivity index is 1.47. The third-order valence-electron chi connectivity index (χ3n) is 6.30. The fourth-order valence-corrected chi connectivity index (χ4v) is 4.68. The number of nitrogens with one attached hydrogen (secondary N) is 2. The van der Waals surface area contributed by atoms with Crippen molar-refractivity contribution in [3.63, 3.8) is 0 Å². The summed E-state index contributed by atoms with van der Waals surface area (Å²) in [6, 6.07) is 8.62. The average Bonchev–Trinajstić information content (AvgIpc) is 3.54. The Morgan fingerprint density at radius 2 is 1.94 bits per heavy atom. The summed E-state index contributed by atoms with van der Waals surface area (Å²) in [5, 5.41) is 4.57. The Morgan fingerprint density at radius 1 is 1.15 bits per heavy atom. The monoisotopic (exact) mass is 468 g/mol. The summed E-state index contributed by atoms with van der Waals surface area (Å²) >= 11 is 0. The molecule has 8 nitrogen and oxygen atoms in total. The number of hydrazine groups is 1. The second-order valence-corrected chi connectivity index (χ2v) is 10.3. The molecular formula is C26H36N4O4. The number of amides is 1. The normalized spacial score (nSPS) is 20.6. The molecule has 1 amide bonds. The SMILES string of the molecule is CCOC(=O)c1cnn(-c2cccc(C3CCCC(NNC(=O)OC(C)(C)C)C3)c2)c1C1CC1. The molecule has 2 aliphatic rings. The Hall–Kier alpha value is -2.87. The van der Waals surface area contributed by atoms with E-state index in [1.807, 2.05) is 38.4 Å². The van der Waals surface area contributed by atoms with Gasteiger partial charge >= 0.3 is 12.1 Å². The first-order valence-electron chi connectivity index (χ1n) is 12.3. The summed E-state index contributed by atoms with van der Waals surface area (Å²) in [6.45, 7) is 7.71. The van der Waals surface area contributed by atoms with Crippen LogP contribution in [0.15, 0.2) is 30.5 Å². The van der Waals surface area contributed by atoms with Gasteiger partial charge < -0.3 is 9.47 Å². The van der Waals surface area contributed by atoms with Gasteiger partial charge in [-0.05, 0) is 83.4 Å². The van der Waals surface area contributed by atoms with Crippen LogP contribution in [-0.4, -0.2) is 40.1 Å². The zero-order valence-electron chi connectivity index (χ0n) is 20.6. The summed E-state index contributed by atoms with van der Waals surface area (Å²) in [4.78, 5) is 24.5. The lowest BCUT2D eigenvalue weighted by atomic mass is 9.81. The molecule has 1 aromatic carbocycles. The third-order valence-corrected chi connectivity index (χ3v) is 6.30. The molecule has 0 radical (unpaired) electrons. The Kier molecular flexibility index (Phi) is 7.26. The zero-order valence-corrected chi connectivity index (χ0v) is 20.6. The first-order chi connectivity index (χ1) is 16.2. The van der Waals surface area contributed by atoms with Crippen LogP contribution in [0.1, 0.15) is 99.7 Å². The summed E-state index contributed by atoms with van der Waals surface area (Å²) in [5.74, 6) is 0.425. The number of hydrogen-bond donors (Lipinski definition) is 2. The van der Waals surface area contributed by atoms with E-state index >= 15 is 0 Å². The molecule has 0 aliphatic heterocycles. The van der Waals surface area contributed by atoms with Crippen LogP contribution >= 0.6 is 0 Å². The van der Waals surface area contributed by atoms with Crippen LogP contribution < -0.4 is 10.9 Å². The van der Waals surface area contributed by atoms with Crippen molar-refractivity contribution in [1.82, 2.24) is 20.6 Å². The molecule has 8 heteroatoms. The fraction of sp³-hybridized carbons (Fsp3) is 0.577. The van der Waals surface area contributed by atoms with E-state index in [1.165, 1.54) is 5.56 Å². The molecule has 2 aromatic rings. The molecule has 2 unspecified atom stereocenters. The van der Waals surface area contributed by atoms with Crippen LogP contribution in [-0.2, 0) is 9.47 Å². The van der Waals surface area contributed by atoms with E-state index < -0.39 is 11.7 Å². The lowest BCUT2D eigenvalue weighted by Crippen LogP contribution is -2.47.